The van der Waals surface area contributed by atoms with Gasteiger partial charge >= 0.3 is 0 Å². The van der Waals surface area contributed by atoms with E-state index >= 15 is 0 Å². The maximum absolute atomic E-state index is 12.2. The molecular formula is C12H24ClN3O2. The molecule has 1 amide bonds. The number of amides is 1. The topological polar surface area (TPSA) is 55.8 Å². The van der Waals surface area contributed by atoms with Crippen molar-refractivity contribution in [2.45, 2.75) is 12.8 Å². The number of rotatable bonds is 3. The summed E-state index contributed by atoms with van der Waals surface area (Å²) >= 11 is 0. The van der Waals surface area contributed by atoms with Gasteiger partial charge in [0, 0.05) is 39.3 Å². The number of β-amino-alcohol motifs (C(OH)–C–C–N with tert-alkyl or cyclic N) is 1. The van der Waals surface area contributed by atoms with Crippen LogP contribution in [0, 0.1) is 5.92 Å². The highest BCUT2D eigenvalue weighted by Gasteiger charge is 2.28. The number of hydrogen-bond acceptors (Lipinski definition) is 4. The second-order valence-corrected chi connectivity index (χ2v) is 4.93. The van der Waals surface area contributed by atoms with Crippen molar-refractivity contribution in [3.63, 3.8) is 0 Å². The molecule has 5 nitrogen and oxygen atoms in total. The van der Waals surface area contributed by atoms with Crippen LogP contribution in [0.5, 0.6) is 0 Å². The highest BCUT2D eigenvalue weighted by atomic mass is 35.5. The minimum Gasteiger partial charge on any atom is -0.395 e. The van der Waals surface area contributed by atoms with E-state index in [-0.39, 0.29) is 24.9 Å². The quantitative estimate of drug-likeness (QED) is 0.733. The fourth-order valence-corrected chi connectivity index (χ4v) is 2.65. The molecule has 2 N–H and O–H groups in total. The Kier molecular flexibility index (Phi) is 6.92. The molecule has 2 rings (SSSR count). The minimum absolute atomic E-state index is 0. The van der Waals surface area contributed by atoms with Crippen molar-refractivity contribution in [1.29, 1.82) is 0 Å². The molecular weight excluding hydrogens is 254 g/mol. The Bertz CT molecular complexity index is 252. The van der Waals surface area contributed by atoms with Gasteiger partial charge in [0.1, 0.15) is 0 Å². The van der Waals surface area contributed by atoms with Crippen molar-refractivity contribution in [3.8, 4) is 0 Å². The number of halogens is 1. The van der Waals surface area contributed by atoms with E-state index in [1.165, 1.54) is 0 Å². The Morgan fingerprint density at radius 2 is 2.00 bits per heavy atom. The average molecular weight is 278 g/mol. The second kappa shape index (κ2) is 7.94. The van der Waals surface area contributed by atoms with Crippen LogP contribution in [-0.2, 0) is 4.79 Å². The Labute approximate surface area is 115 Å². The Hall–Kier alpha value is -0.360. The van der Waals surface area contributed by atoms with E-state index < -0.39 is 0 Å². The third kappa shape index (κ3) is 4.09. The molecule has 18 heavy (non-hydrogen) atoms. The third-order valence-electron chi connectivity index (χ3n) is 3.75. The van der Waals surface area contributed by atoms with Crippen molar-refractivity contribution >= 4 is 18.3 Å². The molecule has 0 aromatic rings. The summed E-state index contributed by atoms with van der Waals surface area (Å²) in [6.07, 6.45) is 2.14. The molecule has 0 aromatic carbocycles. The number of piperidine rings is 1. The Balaban J connectivity index is 0.00000162. The monoisotopic (exact) mass is 277 g/mol. The largest absolute Gasteiger partial charge is 0.395 e. The van der Waals surface area contributed by atoms with Gasteiger partial charge in [0.2, 0.25) is 5.91 Å². The summed E-state index contributed by atoms with van der Waals surface area (Å²) in [5.41, 5.74) is 0. The maximum Gasteiger partial charge on any atom is 0.227 e. The molecule has 0 bridgehead atoms. The van der Waals surface area contributed by atoms with E-state index in [1.807, 2.05) is 4.90 Å². The average Bonchev–Trinajstić information content (AvgIpc) is 2.40. The van der Waals surface area contributed by atoms with Crippen molar-refractivity contribution < 1.29 is 9.90 Å². The molecule has 2 aliphatic heterocycles. The van der Waals surface area contributed by atoms with Crippen LogP contribution in [0.15, 0.2) is 0 Å². The first-order chi connectivity index (χ1) is 8.31. The van der Waals surface area contributed by atoms with Gasteiger partial charge in [-0.05, 0) is 19.4 Å². The van der Waals surface area contributed by atoms with Gasteiger partial charge in [-0.2, -0.15) is 0 Å². The highest BCUT2D eigenvalue weighted by Crippen LogP contribution is 2.14. The third-order valence-corrected chi connectivity index (χ3v) is 3.75. The van der Waals surface area contributed by atoms with E-state index in [2.05, 4.69) is 10.2 Å². The van der Waals surface area contributed by atoms with Crippen LogP contribution >= 0.6 is 12.4 Å². The fraction of sp³-hybridized carbons (Fsp3) is 0.917. The van der Waals surface area contributed by atoms with Gasteiger partial charge in [0.05, 0.1) is 12.5 Å². The van der Waals surface area contributed by atoms with E-state index in [4.69, 9.17) is 5.11 Å². The van der Waals surface area contributed by atoms with Gasteiger partial charge in [-0.25, -0.2) is 0 Å². The fourth-order valence-electron chi connectivity index (χ4n) is 2.65. The number of carbonyl (C=O) groups excluding carboxylic acids is 1. The van der Waals surface area contributed by atoms with Crippen LogP contribution in [0.1, 0.15) is 12.8 Å². The molecule has 2 saturated heterocycles. The number of carbonyl (C=O) groups is 1. The van der Waals surface area contributed by atoms with Crippen LogP contribution in [0.25, 0.3) is 0 Å². The van der Waals surface area contributed by atoms with Crippen LogP contribution in [-0.4, -0.2) is 73.2 Å². The van der Waals surface area contributed by atoms with Crippen molar-refractivity contribution in [3.05, 3.63) is 0 Å². The zero-order valence-electron chi connectivity index (χ0n) is 10.8. The van der Waals surface area contributed by atoms with Crippen LogP contribution < -0.4 is 5.32 Å². The van der Waals surface area contributed by atoms with Crippen molar-refractivity contribution in [2.24, 2.45) is 5.92 Å². The molecule has 2 heterocycles. The number of hydrogen-bond donors (Lipinski definition) is 2. The summed E-state index contributed by atoms with van der Waals surface area (Å²) in [5, 5.41) is 12.2. The molecule has 106 valence electrons. The Morgan fingerprint density at radius 1 is 1.28 bits per heavy atom. The summed E-state index contributed by atoms with van der Waals surface area (Å²) < 4.78 is 0. The van der Waals surface area contributed by atoms with Crippen LogP contribution in [0.3, 0.4) is 0 Å². The molecule has 0 radical (unpaired) electrons. The second-order valence-electron chi connectivity index (χ2n) is 4.93. The number of nitrogens with zero attached hydrogens (tertiary/aromatic N) is 2. The lowest BCUT2D eigenvalue weighted by Gasteiger charge is -2.37. The molecule has 1 unspecified atom stereocenters. The van der Waals surface area contributed by atoms with Crippen LogP contribution in [0.4, 0.5) is 0 Å². The summed E-state index contributed by atoms with van der Waals surface area (Å²) in [6.45, 7) is 6.25. The van der Waals surface area contributed by atoms with Gasteiger partial charge in [-0.1, -0.05) is 0 Å². The number of aliphatic hydroxyl groups is 1. The molecule has 0 aromatic heterocycles. The summed E-state index contributed by atoms with van der Waals surface area (Å²) in [7, 11) is 0. The lowest BCUT2D eigenvalue weighted by Crippen LogP contribution is -2.52. The zero-order chi connectivity index (χ0) is 12.1. The van der Waals surface area contributed by atoms with E-state index in [0.29, 0.717) is 5.91 Å². The molecule has 0 saturated carbocycles. The van der Waals surface area contributed by atoms with Gasteiger partial charge in [-0.3, -0.25) is 9.69 Å². The molecule has 6 heteroatoms. The maximum atomic E-state index is 12.2. The number of nitrogens with one attached hydrogen (secondary N) is 1. The van der Waals surface area contributed by atoms with Crippen molar-refractivity contribution in [1.82, 2.24) is 15.1 Å². The predicted molar refractivity (Wildman–Crippen MR) is 72.9 cm³/mol. The first kappa shape index (κ1) is 15.7. The lowest BCUT2D eigenvalue weighted by atomic mass is 9.98. The van der Waals surface area contributed by atoms with E-state index in [0.717, 1.165) is 58.7 Å². The normalized spacial score (nSPS) is 25.6. The van der Waals surface area contributed by atoms with Gasteiger partial charge in [0.25, 0.3) is 0 Å². The van der Waals surface area contributed by atoms with E-state index in [9.17, 15) is 4.79 Å². The first-order valence-electron chi connectivity index (χ1n) is 6.64. The number of aliphatic hydroxyl groups excluding tert-OH is 1. The Morgan fingerprint density at radius 3 is 2.56 bits per heavy atom. The standard InChI is InChI=1S/C12H23N3O2.ClH/c16-9-8-14-4-6-15(7-5-14)12(17)11-2-1-3-13-10-11;/h11,13,16H,1-10H2;1H. The smallest absolute Gasteiger partial charge is 0.227 e. The first-order valence-corrected chi connectivity index (χ1v) is 6.64. The molecule has 0 spiro atoms. The molecule has 2 fully saturated rings. The summed E-state index contributed by atoms with van der Waals surface area (Å²) in [5.74, 6) is 0.508. The minimum atomic E-state index is 0. The zero-order valence-corrected chi connectivity index (χ0v) is 11.6. The van der Waals surface area contributed by atoms with Crippen molar-refractivity contribution in [2.75, 3.05) is 52.4 Å². The SMILES string of the molecule is Cl.O=C(C1CCCNC1)N1CCN(CCO)CC1. The summed E-state index contributed by atoms with van der Waals surface area (Å²) in [6, 6.07) is 0. The van der Waals surface area contributed by atoms with Gasteiger partial charge < -0.3 is 15.3 Å². The molecule has 0 aliphatic carbocycles. The lowest BCUT2D eigenvalue weighted by molar-refractivity contribution is -0.137. The van der Waals surface area contributed by atoms with Crippen LogP contribution in [0.2, 0.25) is 0 Å². The number of piperazine rings is 1. The molecule has 2 aliphatic rings. The predicted octanol–water partition coefficient (Wildman–Crippen LogP) is -0.456. The molecule has 1 atom stereocenters. The van der Waals surface area contributed by atoms with Gasteiger partial charge in [0.15, 0.2) is 0 Å². The highest BCUT2D eigenvalue weighted by molar-refractivity contribution is 5.85. The summed E-state index contributed by atoms with van der Waals surface area (Å²) in [4.78, 5) is 16.4. The van der Waals surface area contributed by atoms with Gasteiger partial charge in [-0.15, -0.1) is 12.4 Å². The van der Waals surface area contributed by atoms with E-state index in [1.54, 1.807) is 0 Å².